The number of nitrogens with zero attached hydrogens (tertiary/aromatic N) is 6. The Morgan fingerprint density at radius 1 is 1.19 bits per heavy atom. The number of azide groups is 1. The van der Waals surface area contributed by atoms with Crippen molar-refractivity contribution >= 4 is 5.91 Å². The standard InChI is InChI=1S/C27H36N6O3/c1-2-3-9-24-23(19-10-12-22(13-11-19)36-21-7-5-4-6-8-21)16-25(31-30-24)27(35)33-15-14-20(17-29-32-28)26(34)18-33/h10-13,16,20-21,26,34H,2-9,14-15,17-18H2,1H3. The van der Waals surface area contributed by atoms with E-state index in [9.17, 15) is 9.90 Å². The predicted molar refractivity (Wildman–Crippen MR) is 138 cm³/mol. The summed E-state index contributed by atoms with van der Waals surface area (Å²) in [5.41, 5.74) is 11.6. The van der Waals surface area contributed by atoms with Crippen molar-refractivity contribution in [3.8, 4) is 16.9 Å². The lowest BCUT2D eigenvalue weighted by Gasteiger charge is -2.35. The maximum absolute atomic E-state index is 13.3. The van der Waals surface area contributed by atoms with Crippen LogP contribution in [0.2, 0.25) is 0 Å². The fourth-order valence-corrected chi connectivity index (χ4v) is 5.07. The zero-order valence-electron chi connectivity index (χ0n) is 21.1. The van der Waals surface area contributed by atoms with Gasteiger partial charge in [-0.15, -0.1) is 5.10 Å². The van der Waals surface area contributed by atoms with Gasteiger partial charge >= 0.3 is 0 Å². The van der Waals surface area contributed by atoms with E-state index >= 15 is 0 Å². The molecule has 1 aliphatic heterocycles. The summed E-state index contributed by atoms with van der Waals surface area (Å²) in [7, 11) is 0. The summed E-state index contributed by atoms with van der Waals surface area (Å²) in [5.74, 6) is 0.485. The number of hydrogen-bond acceptors (Lipinski definition) is 6. The highest BCUT2D eigenvalue weighted by molar-refractivity contribution is 5.93. The van der Waals surface area contributed by atoms with E-state index in [1.165, 1.54) is 19.3 Å². The number of carbonyl (C=O) groups is 1. The first-order valence-corrected chi connectivity index (χ1v) is 13.2. The molecule has 0 spiro atoms. The Balaban J connectivity index is 1.51. The summed E-state index contributed by atoms with van der Waals surface area (Å²) in [5, 5.41) is 22.8. The van der Waals surface area contributed by atoms with E-state index in [1.54, 1.807) is 4.90 Å². The molecule has 0 radical (unpaired) electrons. The summed E-state index contributed by atoms with van der Waals surface area (Å²) < 4.78 is 6.19. The quantitative estimate of drug-likeness (QED) is 0.288. The Bertz CT molecular complexity index is 1060. The molecule has 2 aliphatic rings. The van der Waals surface area contributed by atoms with Gasteiger partial charge < -0.3 is 14.7 Å². The van der Waals surface area contributed by atoms with Gasteiger partial charge in [-0.05, 0) is 80.2 Å². The number of aliphatic hydroxyl groups is 1. The number of rotatable bonds is 9. The molecular formula is C27H36N6O3. The van der Waals surface area contributed by atoms with E-state index in [4.69, 9.17) is 10.3 Å². The number of amides is 1. The van der Waals surface area contributed by atoms with Crippen molar-refractivity contribution in [2.24, 2.45) is 11.0 Å². The van der Waals surface area contributed by atoms with Gasteiger partial charge in [0.2, 0.25) is 0 Å². The van der Waals surface area contributed by atoms with Gasteiger partial charge in [0.25, 0.3) is 5.91 Å². The first-order valence-electron chi connectivity index (χ1n) is 13.2. The van der Waals surface area contributed by atoms with E-state index in [0.29, 0.717) is 19.1 Å². The number of carbonyl (C=O) groups excluding carboxylic acids is 1. The largest absolute Gasteiger partial charge is 0.490 e. The fraction of sp³-hybridized carbons (Fsp3) is 0.593. The van der Waals surface area contributed by atoms with Crippen LogP contribution in [-0.2, 0) is 6.42 Å². The molecule has 1 aromatic carbocycles. The van der Waals surface area contributed by atoms with Crippen molar-refractivity contribution in [1.29, 1.82) is 0 Å². The van der Waals surface area contributed by atoms with Crippen molar-refractivity contribution in [3.05, 3.63) is 52.2 Å². The van der Waals surface area contributed by atoms with Crippen molar-refractivity contribution < 1.29 is 14.6 Å². The third-order valence-corrected chi connectivity index (χ3v) is 7.26. The molecule has 36 heavy (non-hydrogen) atoms. The molecule has 2 unspecified atom stereocenters. The SMILES string of the molecule is CCCCc1nnc(C(=O)N2CCC(CN=[N+]=[N-])C(O)C2)cc1-c1ccc(OC2CCCCC2)cc1. The van der Waals surface area contributed by atoms with Crippen LogP contribution in [-0.4, -0.2) is 58.0 Å². The van der Waals surface area contributed by atoms with Gasteiger partial charge in [0.15, 0.2) is 5.69 Å². The zero-order chi connectivity index (χ0) is 25.3. The van der Waals surface area contributed by atoms with Crippen molar-refractivity contribution in [2.45, 2.75) is 76.9 Å². The van der Waals surface area contributed by atoms with Crippen molar-refractivity contribution in [1.82, 2.24) is 15.1 Å². The van der Waals surface area contributed by atoms with Crippen LogP contribution in [0.25, 0.3) is 21.6 Å². The van der Waals surface area contributed by atoms with Gasteiger partial charge in [0, 0.05) is 30.1 Å². The van der Waals surface area contributed by atoms with Crippen LogP contribution in [0.3, 0.4) is 0 Å². The van der Waals surface area contributed by atoms with Gasteiger partial charge in [0.1, 0.15) is 5.75 Å². The number of aliphatic hydroxyl groups excluding tert-OH is 1. The number of aryl methyl sites for hydroxylation is 1. The van der Waals surface area contributed by atoms with E-state index < -0.39 is 6.10 Å². The summed E-state index contributed by atoms with van der Waals surface area (Å²) in [6, 6.07) is 9.89. The topological polar surface area (TPSA) is 124 Å². The number of ether oxygens (including phenoxy) is 1. The molecule has 2 atom stereocenters. The molecule has 2 heterocycles. The molecule has 1 saturated heterocycles. The number of hydrogen-bond donors (Lipinski definition) is 1. The van der Waals surface area contributed by atoms with Crippen LogP contribution in [0.15, 0.2) is 35.4 Å². The van der Waals surface area contributed by atoms with E-state index in [0.717, 1.165) is 54.7 Å². The molecule has 0 bridgehead atoms. The van der Waals surface area contributed by atoms with Crippen LogP contribution < -0.4 is 4.74 Å². The number of likely N-dealkylation sites (tertiary alicyclic amines) is 1. The lowest BCUT2D eigenvalue weighted by Crippen LogP contribution is -2.47. The van der Waals surface area contributed by atoms with Gasteiger partial charge in [-0.25, -0.2) is 0 Å². The summed E-state index contributed by atoms with van der Waals surface area (Å²) in [6.07, 6.45) is 8.92. The number of piperidine rings is 1. The number of β-amino-alcohol motifs (C(OH)–C–C–N with tert-alkyl or cyclic N) is 1. The second kappa shape index (κ2) is 12.7. The predicted octanol–water partition coefficient (Wildman–Crippen LogP) is 5.33. The molecular weight excluding hydrogens is 456 g/mol. The molecule has 1 aliphatic carbocycles. The van der Waals surface area contributed by atoms with Crippen LogP contribution >= 0.6 is 0 Å². The highest BCUT2D eigenvalue weighted by atomic mass is 16.5. The molecule has 192 valence electrons. The Labute approximate surface area is 212 Å². The first kappa shape index (κ1) is 25.9. The fourth-order valence-electron chi connectivity index (χ4n) is 5.07. The van der Waals surface area contributed by atoms with Crippen LogP contribution in [0.1, 0.15) is 74.5 Å². The average molecular weight is 493 g/mol. The van der Waals surface area contributed by atoms with Crippen molar-refractivity contribution in [3.63, 3.8) is 0 Å². The summed E-state index contributed by atoms with van der Waals surface area (Å²) >= 11 is 0. The van der Waals surface area contributed by atoms with Gasteiger partial charge in [-0.1, -0.05) is 37.0 Å². The average Bonchev–Trinajstić information content (AvgIpc) is 2.92. The normalized spacial score (nSPS) is 20.6. The Morgan fingerprint density at radius 2 is 1.97 bits per heavy atom. The molecule has 2 fully saturated rings. The zero-order valence-corrected chi connectivity index (χ0v) is 21.1. The molecule has 1 N–H and O–H groups in total. The number of unbranched alkanes of at least 4 members (excludes halogenated alkanes) is 1. The van der Waals surface area contributed by atoms with Crippen LogP contribution in [0.4, 0.5) is 0 Å². The molecule has 1 saturated carbocycles. The molecule has 1 amide bonds. The maximum Gasteiger partial charge on any atom is 0.274 e. The summed E-state index contributed by atoms with van der Waals surface area (Å²) in [6.45, 7) is 3.03. The van der Waals surface area contributed by atoms with Gasteiger partial charge in [0.05, 0.1) is 17.9 Å². The number of aromatic nitrogens is 2. The second-order valence-electron chi connectivity index (χ2n) is 9.88. The molecule has 9 heteroatoms. The minimum absolute atomic E-state index is 0.141. The van der Waals surface area contributed by atoms with Crippen LogP contribution in [0, 0.1) is 5.92 Å². The van der Waals surface area contributed by atoms with Crippen molar-refractivity contribution in [2.75, 3.05) is 19.6 Å². The maximum atomic E-state index is 13.3. The smallest absolute Gasteiger partial charge is 0.274 e. The Morgan fingerprint density at radius 3 is 2.67 bits per heavy atom. The molecule has 9 nitrogen and oxygen atoms in total. The van der Waals surface area contributed by atoms with Gasteiger partial charge in [-0.3, -0.25) is 4.79 Å². The van der Waals surface area contributed by atoms with E-state index in [-0.39, 0.29) is 30.6 Å². The Hall–Kier alpha value is -3.16. The minimum Gasteiger partial charge on any atom is -0.490 e. The highest BCUT2D eigenvalue weighted by Gasteiger charge is 2.31. The number of benzene rings is 1. The van der Waals surface area contributed by atoms with Crippen LogP contribution in [0.5, 0.6) is 5.75 Å². The third-order valence-electron chi connectivity index (χ3n) is 7.26. The third kappa shape index (κ3) is 6.53. The molecule has 2 aromatic rings. The molecule has 1 aromatic heterocycles. The summed E-state index contributed by atoms with van der Waals surface area (Å²) in [4.78, 5) is 17.6. The lowest BCUT2D eigenvalue weighted by atomic mass is 9.93. The van der Waals surface area contributed by atoms with Gasteiger partial charge in [-0.2, -0.15) is 5.10 Å². The van der Waals surface area contributed by atoms with E-state index in [1.807, 2.05) is 30.3 Å². The first-order chi connectivity index (χ1) is 17.6. The molecule has 4 rings (SSSR count). The second-order valence-corrected chi connectivity index (χ2v) is 9.88. The lowest BCUT2D eigenvalue weighted by molar-refractivity contribution is 0.0218. The monoisotopic (exact) mass is 492 g/mol. The van der Waals surface area contributed by atoms with E-state index in [2.05, 4.69) is 27.1 Å². The highest BCUT2D eigenvalue weighted by Crippen LogP contribution is 2.29. The Kier molecular flexibility index (Phi) is 9.14. The minimum atomic E-state index is -0.735.